The third kappa shape index (κ3) is 2.49. The van der Waals surface area contributed by atoms with Crippen LogP contribution in [-0.2, 0) is 6.42 Å². The number of rotatable bonds is 3. The highest BCUT2D eigenvalue weighted by molar-refractivity contribution is 5.58. The van der Waals surface area contributed by atoms with Crippen LogP contribution in [0.2, 0.25) is 0 Å². The maximum Gasteiger partial charge on any atom is 0.251 e. The van der Waals surface area contributed by atoms with Gasteiger partial charge in [-0.2, -0.15) is 0 Å². The quantitative estimate of drug-likeness (QED) is 0.763. The Morgan fingerprint density at radius 2 is 2.00 bits per heavy atom. The van der Waals surface area contributed by atoms with E-state index in [0.29, 0.717) is 6.42 Å². The van der Waals surface area contributed by atoms with Gasteiger partial charge in [-0.25, -0.2) is 0 Å². The first-order chi connectivity index (χ1) is 9.33. The van der Waals surface area contributed by atoms with Gasteiger partial charge in [0.05, 0.1) is 6.67 Å². The molecule has 0 saturated heterocycles. The fourth-order valence-corrected chi connectivity index (χ4v) is 2.05. The van der Waals surface area contributed by atoms with E-state index in [4.69, 9.17) is 0 Å². The molecule has 0 unspecified atom stereocenters. The highest BCUT2D eigenvalue weighted by atomic mass is 16.1. The lowest BCUT2D eigenvalue weighted by Crippen LogP contribution is -2.18. The number of nitrogens with zero attached hydrogens (tertiary/aromatic N) is 1. The summed E-state index contributed by atoms with van der Waals surface area (Å²) in [5.74, 6) is 0. The van der Waals surface area contributed by atoms with Crippen molar-refractivity contribution in [3.05, 3.63) is 64.5 Å². The highest BCUT2D eigenvalue weighted by Crippen LogP contribution is 2.14. The van der Waals surface area contributed by atoms with Crippen LogP contribution in [0.5, 0.6) is 0 Å². The molecule has 1 aliphatic rings. The molecule has 0 bridgehead atoms. The molecule has 3 N–H and O–H groups in total. The van der Waals surface area contributed by atoms with Crippen LogP contribution in [0.1, 0.15) is 5.56 Å². The summed E-state index contributed by atoms with van der Waals surface area (Å²) in [6.45, 7) is 0.725. The molecule has 0 amide bonds. The van der Waals surface area contributed by atoms with Crippen molar-refractivity contribution in [2.24, 2.45) is 0 Å². The molecule has 0 aliphatic carbocycles. The molecular formula is C14H14N4O. The second-order valence-corrected chi connectivity index (χ2v) is 4.37. The Bertz CT molecular complexity index is 661. The third-order valence-electron chi connectivity index (χ3n) is 3.06. The molecule has 0 spiro atoms. The second-order valence-electron chi connectivity index (χ2n) is 4.37. The first kappa shape index (κ1) is 11.5. The van der Waals surface area contributed by atoms with E-state index in [0.717, 1.165) is 29.2 Å². The van der Waals surface area contributed by atoms with E-state index < -0.39 is 0 Å². The zero-order valence-electron chi connectivity index (χ0n) is 10.3. The van der Waals surface area contributed by atoms with Crippen molar-refractivity contribution in [2.45, 2.75) is 6.42 Å². The maximum absolute atomic E-state index is 12.1. The van der Waals surface area contributed by atoms with Crippen molar-refractivity contribution >= 4 is 0 Å². The van der Waals surface area contributed by atoms with Gasteiger partial charge in [-0.05, 0) is 18.2 Å². The molecule has 0 atom stereocenters. The largest absolute Gasteiger partial charge is 0.372 e. The maximum atomic E-state index is 12.1. The molecule has 19 heavy (non-hydrogen) atoms. The molecule has 3 heterocycles. The monoisotopic (exact) mass is 254 g/mol. The van der Waals surface area contributed by atoms with Crippen LogP contribution in [0.3, 0.4) is 0 Å². The van der Waals surface area contributed by atoms with E-state index in [1.807, 2.05) is 30.5 Å². The fourth-order valence-electron chi connectivity index (χ4n) is 2.05. The molecule has 0 saturated carbocycles. The van der Waals surface area contributed by atoms with Crippen LogP contribution in [0.25, 0.3) is 11.3 Å². The Kier molecular flexibility index (Phi) is 3.02. The highest BCUT2D eigenvalue weighted by Gasteiger charge is 2.08. The molecule has 2 aromatic heterocycles. The summed E-state index contributed by atoms with van der Waals surface area (Å²) in [6.07, 6.45) is 5.93. The minimum atomic E-state index is -0.0519. The van der Waals surface area contributed by atoms with Gasteiger partial charge < -0.3 is 15.6 Å². The summed E-state index contributed by atoms with van der Waals surface area (Å²) in [4.78, 5) is 18.9. The van der Waals surface area contributed by atoms with E-state index >= 15 is 0 Å². The van der Waals surface area contributed by atoms with Crippen LogP contribution in [0.15, 0.2) is 53.4 Å². The summed E-state index contributed by atoms with van der Waals surface area (Å²) in [7, 11) is 0. The second kappa shape index (κ2) is 4.97. The van der Waals surface area contributed by atoms with Gasteiger partial charge in [-0.15, -0.1) is 0 Å². The number of H-pyrrole nitrogens is 1. The summed E-state index contributed by atoms with van der Waals surface area (Å²) in [6, 6.07) is 7.54. The summed E-state index contributed by atoms with van der Waals surface area (Å²) in [5.41, 5.74) is 3.49. The average Bonchev–Trinajstić information content (AvgIpc) is 2.95. The zero-order valence-corrected chi connectivity index (χ0v) is 10.3. The molecule has 5 nitrogen and oxygen atoms in total. The normalized spacial score (nSPS) is 13.6. The Morgan fingerprint density at radius 3 is 2.68 bits per heavy atom. The molecule has 0 aromatic carbocycles. The Labute approximate surface area is 110 Å². The summed E-state index contributed by atoms with van der Waals surface area (Å²) in [5, 5.41) is 6.22. The topological polar surface area (TPSA) is 69.8 Å². The molecule has 1 aliphatic heterocycles. The number of aromatic amines is 1. The standard InChI is InChI=1S/C14H14N4O/c19-14-11(7-12-8-16-9-17-12)1-2-13(18-14)10-3-5-15-6-4-10/h1-6,8,16-17H,7,9H2,(H,18,19). The zero-order chi connectivity index (χ0) is 13.1. The van der Waals surface area contributed by atoms with Crippen LogP contribution in [0.4, 0.5) is 0 Å². The minimum Gasteiger partial charge on any atom is -0.372 e. The van der Waals surface area contributed by atoms with Crippen LogP contribution in [0, 0.1) is 0 Å². The molecule has 2 aromatic rings. The SMILES string of the molecule is O=c1[nH]c(-c2ccncc2)ccc1CC1=CNCN1. The van der Waals surface area contributed by atoms with Gasteiger partial charge in [-0.3, -0.25) is 9.78 Å². The van der Waals surface area contributed by atoms with Crippen LogP contribution < -0.4 is 16.2 Å². The third-order valence-corrected chi connectivity index (χ3v) is 3.06. The average molecular weight is 254 g/mol. The van der Waals surface area contributed by atoms with E-state index in [-0.39, 0.29) is 5.56 Å². The van der Waals surface area contributed by atoms with Gasteiger partial charge in [0.2, 0.25) is 0 Å². The first-order valence-corrected chi connectivity index (χ1v) is 6.12. The molecular weight excluding hydrogens is 240 g/mol. The minimum absolute atomic E-state index is 0.0519. The number of nitrogens with one attached hydrogen (secondary N) is 3. The predicted octanol–water partition coefficient (Wildman–Crippen LogP) is 0.971. The summed E-state index contributed by atoms with van der Waals surface area (Å²) >= 11 is 0. The van der Waals surface area contributed by atoms with E-state index in [2.05, 4.69) is 20.6 Å². The summed E-state index contributed by atoms with van der Waals surface area (Å²) < 4.78 is 0. The molecule has 96 valence electrons. The molecule has 0 fully saturated rings. The molecule has 0 radical (unpaired) electrons. The number of hydrogen-bond donors (Lipinski definition) is 3. The lowest BCUT2D eigenvalue weighted by molar-refractivity contribution is 0.795. The van der Waals surface area contributed by atoms with Crippen LogP contribution in [-0.4, -0.2) is 16.6 Å². The number of aromatic nitrogens is 2. The van der Waals surface area contributed by atoms with Gasteiger partial charge in [0.1, 0.15) is 0 Å². The first-order valence-electron chi connectivity index (χ1n) is 6.12. The van der Waals surface area contributed by atoms with Crippen molar-refractivity contribution in [2.75, 3.05) is 6.67 Å². The lowest BCUT2D eigenvalue weighted by atomic mass is 10.1. The fraction of sp³-hybridized carbons (Fsp3) is 0.143. The Hall–Kier alpha value is -2.56. The smallest absolute Gasteiger partial charge is 0.251 e. The number of allylic oxidation sites excluding steroid dienone is 1. The lowest BCUT2D eigenvalue weighted by Gasteiger charge is -2.05. The van der Waals surface area contributed by atoms with Gasteiger partial charge in [-0.1, -0.05) is 6.07 Å². The van der Waals surface area contributed by atoms with E-state index in [9.17, 15) is 4.79 Å². The van der Waals surface area contributed by atoms with Crippen molar-refractivity contribution < 1.29 is 0 Å². The molecule has 5 heteroatoms. The van der Waals surface area contributed by atoms with Crippen molar-refractivity contribution in [3.8, 4) is 11.3 Å². The van der Waals surface area contributed by atoms with Crippen molar-refractivity contribution in [1.82, 2.24) is 20.6 Å². The number of pyridine rings is 2. The van der Waals surface area contributed by atoms with Gasteiger partial charge in [0, 0.05) is 47.5 Å². The Morgan fingerprint density at radius 1 is 1.16 bits per heavy atom. The van der Waals surface area contributed by atoms with E-state index in [1.54, 1.807) is 12.4 Å². The Balaban J connectivity index is 1.88. The van der Waals surface area contributed by atoms with Gasteiger partial charge in [0.25, 0.3) is 5.56 Å². The molecule has 3 rings (SSSR count). The number of hydrogen-bond acceptors (Lipinski definition) is 4. The van der Waals surface area contributed by atoms with Gasteiger partial charge in [0.15, 0.2) is 0 Å². The van der Waals surface area contributed by atoms with E-state index in [1.165, 1.54) is 0 Å². The predicted molar refractivity (Wildman–Crippen MR) is 73.2 cm³/mol. The van der Waals surface area contributed by atoms with Crippen molar-refractivity contribution in [1.29, 1.82) is 0 Å². The van der Waals surface area contributed by atoms with Crippen LogP contribution >= 0.6 is 0 Å². The van der Waals surface area contributed by atoms with Gasteiger partial charge >= 0.3 is 0 Å². The van der Waals surface area contributed by atoms with Crippen molar-refractivity contribution in [3.63, 3.8) is 0 Å².